The molecule has 1 N–H and O–H groups in total. The van der Waals surface area contributed by atoms with Crippen molar-refractivity contribution < 1.29 is 37.9 Å². The van der Waals surface area contributed by atoms with Crippen molar-refractivity contribution >= 4 is 52.5 Å². The molecule has 40 heavy (non-hydrogen) atoms. The number of halogens is 1. The van der Waals surface area contributed by atoms with Crippen LogP contribution >= 0.6 is 23.6 Å². The highest BCUT2D eigenvalue weighted by Crippen LogP contribution is 2.41. The molecule has 0 saturated carbocycles. The van der Waals surface area contributed by atoms with E-state index in [9.17, 15) is 9.59 Å². The molecule has 3 aromatic rings. The third kappa shape index (κ3) is 7.76. The standard InChI is InChI=1S/C26H27ClN4O8S/c1-16(32)31(20-13-21(34-2)18(27)11-23(20)36-4)26(33)15-28-29-19-12-24(37-5)25(14-22(19)35-3)40-39-38-30-17-9-7-6-8-10-17/h6-14,30H,15H2,1-5H3. The number of benzene rings is 3. The summed E-state index contributed by atoms with van der Waals surface area (Å²) in [7, 11) is 5.73. The maximum absolute atomic E-state index is 13.0. The molecule has 0 aliphatic carbocycles. The van der Waals surface area contributed by atoms with Crippen molar-refractivity contribution in [3.63, 3.8) is 0 Å². The van der Waals surface area contributed by atoms with Crippen LogP contribution in [0.4, 0.5) is 17.1 Å². The van der Waals surface area contributed by atoms with E-state index in [1.165, 1.54) is 47.5 Å². The highest BCUT2D eigenvalue weighted by Gasteiger charge is 2.25. The number of carbonyl (C=O) groups excluding carboxylic acids is 2. The van der Waals surface area contributed by atoms with Crippen molar-refractivity contribution in [2.24, 2.45) is 10.2 Å². The Labute approximate surface area is 240 Å². The van der Waals surface area contributed by atoms with Gasteiger partial charge in [0.25, 0.3) is 5.91 Å². The Hall–Kier alpha value is -4.04. The van der Waals surface area contributed by atoms with Gasteiger partial charge < -0.3 is 18.9 Å². The molecule has 0 fully saturated rings. The number of para-hydroxylation sites is 1. The first-order valence-electron chi connectivity index (χ1n) is 11.5. The lowest BCUT2D eigenvalue weighted by Crippen LogP contribution is -2.37. The number of hydrogen-bond acceptors (Lipinski definition) is 12. The van der Waals surface area contributed by atoms with Crippen molar-refractivity contribution in [2.75, 3.05) is 45.4 Å². The van der Waals surface area contributed by atoms with Gasteiger partial charge in [-0.25, -0.2) is 10.4 Å². The summed E-state index contributed by atoms with van der Waals surface area (Å²) < 4.78 is 26.5. The van der Waals surface area contributed by atoms with Crippen molar-refractivity contribution in [2.45, 2.75) is 11.8 Å². The molecule has 3 rings (SSSR count). The average molecular weight is 591 g/mol. The summed E-state index contributed by atoms with van der Waals surface area (Å²) in [6.07, 6.45) is 0. The van der Waals surface area contributed by atoms with E-state index in [1.807, 2.05) is 18.2 Å². The minimum absolute atomic E-state index is 0.154. The topological polar surface area (TPSA) is 130 Å². The highest BCUT2D eigenvalue weighted by atomic mass is 35.5. The molecule has 3 aromatic carbocycles. The van der Waals surface area contributed by atoms with Crippen LogP contribution in [0.5, 0.6) is 23.0 Å². The van der Waals surface area contributed by atoms with Crippen molar-refractivity contribution in [3.05, 3.63) is 59.6 Å². The molecule has 212 valence electrons. The van der Waals surface area contributed by atoms with E-state index in [4.69, 9.17) is 39.9 Å². The number of carbonyl (C=O) groups is 2. The second kappa shape index (κ2) is 14.9. The number of hydrogen-bond donors (Lipinski definition) is 1. The quantitative estimate of drug-likeness (QED) is 0.0829. The van der Waals surface area contributed by atoms with Gasteiger partial charge in [0.1, 0.15) is 35.2 Å². The van der Waals surface area contributed by atoms with Crippen molar-refractivity contribution in [1.82, 2.24) is 0 Å². The number of amides is 2. The second-order valence-electron chi connectivity index (χ2n) is 7.68. The average Bonchev–Trinajstić information content (AvgIpc) is 2.96. The summed E-state index contributed by atoms with van der Waals surface area (Å²) in [5, 5.41) is 8.36. The number of azo groups is 1. The van der Waals surface area contributed by atoms with E-state index in [1.54, 1.807) is 24.3 Å². The maximum atomic E-state index is 13.0. The molecule has 12 nitrogen and oxygen atoms in total. The summed E-state index contributed by atoms with van der Waals surface area (Å²) in [5.41, 5.74) is 3.78. The molecule has 0 aliphatic rings. The fraction of sp³-hybridized carbons (Fsp3) is 0.231. The summed E-state index contributed by atoms with van der Waals surface area (Å²) in [4.78, 5) is 31.9. The minimum Gasteiger partial charge on any atom is -0.495 e. The highest BCUT2D eigenvalue weighted by molar-refractivity contribution is 7.94. The number of methoxy groups -OCH3 is 4. The van der Waals surface area contributed by atoms with E-state index < -0.39 is 18.4 Å². The molecule has 2 amide bonds. The zero-order valence-electron chi connectivity index (χ0n) is 22.3. The molecule has 0 aliphatic heterocycles. The zero-order chi connectivity index (χ0) is 29.1. The van der Waals surface area contributed by atoms with Crippen LogP contribution in [0.2, 0.25) is 5.02 Å². The number of rotatable bonds is 13. The van der Waals surface area contributed by atoms with Gasteiger partial charge >= 0.3 is 0 Å². The predicted octanol–water partition coefficient (Wildman–Crippen LogP) is 6.02. The smallest absolute Gasteiger partial charge is 0.257 e. The third-order valence-corrected chi connectivity index (χ3v) is 6.13. The SMILES string of the molecule is COc1cc(N(C(C)=O)C(=O)CN=Nc2cc(OC)c(SOONc3ccccc3)cc2OC)c(OC)cc1Cl. The first-order valence-corrected chi connectivity index (χ1v) is 12.6. The van der Waals surface area contributed by atoms with Crippen LogP contribution in [0.15, 0.2) is 69.7 Å². The number of anilines is 2. The van der Waals surface area contributed by atoms with Gasteiger partial charge in [0.2, 0.25) is 5.91 Å². The molecule has 0 spiro atoms. The predicted molar refractivity (Wildman–Crippen MR) is 150 cm³/mol. The molecule has 0 radical (unpaired) electrons. The van der Waals surface area contributed by atoms with Crippen LogP contribution in [0.3, 0.4) is 0 Å². The number of ether oxygens (including phenoxy) is 4. The van der Waals surface area contributed by atoms with Crippen LogP contribution in [-0.4, -0.2) is 46.8 Å². The molecule has 0 bridgehead atoms. The van der Waals surface area contributed by atoms with Gasteiger partial charge in [0, 0.05) is 31.2 Å². The molecular weight excluding hydrogens is 564 g/mol. The van der Waals surface area contributed by atoms with Crippen LogP contribution in [-0.2, 0) is 18.9 Å². The van der Waals surface area contributed by atoms with E-state index in [-0.39, 0.29) is 27.9 Å². The maximum Gasteiger partial charge on any atom is 0.257 e. The Morgan fingerprint density at radius 1 is 0.900 bits per heavy atom. The third-order valence-electron chi connectivity index (χ3n) is 5.20. The summed E-state index contributed by atoms with van der Waals surface area (Å²) in [5.74, 6) is -0.0421. The van der Waals surface area contributed by atoms with Crippen LogP contribution in [0.1, 0.15) is 6.92 Å². The Balaban J connectivity index is 1.74. The normalized spacial score (nSPS) is 10.8. The molecule has 0 aromatic heterocycles. The fourth-order valence-corrected chi connectivity index (χ4v) is 4.11. The van der Waals surface area contributed by atoms with E-state index in [2.05, 4.69) is 15.7 Å². The van der Waals surface area contributed by atoms with Crippen molar-refractivity contribution in [1.29, 1.82) is 0 Å². The van der Waals surface area contributed by atoms with Crippen molar-refractivity contribution in [3.8, 4) is 23.0 Å². The molecule has 0 heterocycles. The van der Waals surface area contributed by atoms with Gasteiger partial charge in [-0.3, -0.25) is 9.59 Å². The Bertz CT molecular complexity index is 1360. The van der Waals surface area contributed by atoms with Gasteiger partial charge in [-0.1, -0.05) is 29.8 Å². The number of imide groups is 1. The van der Waals surface area contributed by atoms with Crippen LogP contribution < -0.4 is 29.3 Å². The van der Waals surface area contributed by atoms with Gasteiger partial charge in [-0.05, 0) is 12.1 Å². The largest absolute Gasteiger partial charge is 0.495 e. The minimum atomic E-state index is -0.659. The van der Waals surface area contributed by atoms with E-state index in [0.717, 1.165) is 16.9 Å². The van der Waals surface area contributed by atoms with E-state index >= 15 is 0 Å². The van der Waals surface area contributed by atoms with Gasteiger partial charge in [-0.2, -0.15) is 10.2 Å². The molecule has 14 heteroatoms. The Morgan fingerprint density at radius 3 is 2.20 bits per heavy atom. The lowest BCUT2D eigenvalue weighted by Gasteiger charge is -2.21. The first-order chi connectivity index (χ1) is 19.3. The van der Waals surface area contributed by atoms with Gasteiger partial charge in [0.05, 0.1) is 61.8 Å². The first kappa shape index (κ1) is 30.5. The fourth-order valence-electron chi connectivity index (χ4n) is 3.36. The molecular formula is C26H27ClN4O8S. The van der Waals surface area contributed by atoms with Crippen LogP contribution in [0, 0.1) is 0 Å². The van der Waals surface area contributed by atoms with Gasteiger partial charge in [-0.15, -0.1) is 9.32 Å². The van der Waals surface area contributed by atoms with Gasteiger partial charge in [0.15, 0.2) is 0 Å². The Morgan fingerprint density at radius 2 is 1.57 bits per heavy atom. The number of nitrogens with one attached hydrogen (secondary N) is 1. The van der Waals surface area contributed by atoms with Crippen LogP contribution in [0.25, 0.3) is 0 Å². The number of nitrogens with zero attached hydrogens (tertiary/aromatic N) is 3. The molecule has 0 atom stereocenters. The second-order valence-corrected chi connectivity index (χ2v) is 8.83. The Kier molecular flexibility index (Phi) is 11.4. The summed E-state index contributed by atoms with van der Waals surface area (Å²) in [6, 6.07) is 15.2. The summed E-state index contributed by atoms with van der Waals surface area (Å²) >= 11 is 7.03. The monoisotopic (exact) mass is 590 g/mol. The van der Waals surface area contributed by atoms with E-state index in [0.29, 0.717) is 22.1 Å². The zero-order valence-corrected chi connectivity index (χ0v) is 23.9. The summed E-state index contributed by atoms with van der Waals surface area (Å²) in [6.45, 7) is 0.777. The molecule has 0 saturated heterocycles. The molecule has 0 unspecified atom stereocenters. The lowest BCUT2D eigenvalue weighted by atomic mass is 10.2. The lowest BCUT2D eigenvalue weighted by molar-refractivity contribution is -0.161.